The van der Waals surface area contributed by atoms with Crippen molar-refractivity contribution < 1.29 is 26.3 Å². The molecule has 0 unspecified atom stereocenters. The van der Waals surface area contributed by atoms with Gasteiger partial charge in [0.1, 0.15) is 0 Å². The van der Waals surface area contributed by atoms with Gasteiger partial charge >= 0.3 is 6.18 Å². The maximum absolute atomic E-state index is 13.6. The van der Waals surface area contributed by atoms with Gasteiger partial charge in [0.25, 0.3) is 0 Å². The van der Waals surface area contributed by atoms with Crippen molar-refractivity contribution >= 4 is 9.84 Å². The number of benzene rings is 2. The van der Waals surface area contributed by atoms with Crippen LogP contribution in [0, 0.1) is 0 Å². The molecule has 0 bridgehead atoms. The van der Waals surface area contributed by atoms with E-state index in [0.29, 0.717) is 24.0 Å². The van der Waals surface area contributed by atoms with Crippen molar-refractivity contribution in [1.29, 1.82) is 0 Å². The summed E-state index contributed by atoms with van der Waals surface area (Å²) in [5.74, 6) is 0. The average molecular weight is 384 g/mol. The van der Waals surface area contributed by atoms with E-state index in [0.717, 1.165) is 12.1 Å². The molecular weight excluding hydrogens is 365 g/mol. The first-order valence-electron chi connectivity index (χ1n) is 8.27. The van der Waals surface area contributed by atoms with Gasteiger partial charge in [-0.05, 0) is 42.5 Å². The first-order chi connectivity index (χ1) is 12.2. The first kappa shape index (κ1) is 18.9. The molecule has 2 aromatic carbocycles. The zero-order valence-electron chi connectivity index (χ0n) is 14.2. The number of methoxy groups -OCH3 is 1. The highest BCUT2D eigenvalue weighted by Gasteiger charge is 2.42. The van der Waals surface area contributed by atoms with Crippen LogP contribution < -0.4 is 0 Å². The summed E-state index contributed by atoms with van der Waals surface area (Å²) in [5, 5.41) is -0.851. The lowest BCUT2D eigenvalue weighted by molar-refractivity contribution is -0.139. The Balaban J connectivity index is 2.07. The molecule has 0 spiro atoms. The second-order valence-electron chi connectivity index (χ2n) is 6.41. The number of ether oxygens (including phenoxy) is 1. The Bertz CT molecular complexity index is 877. The summed E-state index contributed by atoms with van der Waals surface area (Å²) in [6.07, 6.45) is -3.93. The molecule has 0 radical (unpaired) electrons. The third-order valence-electron chi connectivity index (χ3n) is 4.81. The van der Waals surface area contributed by atoms with Crippen LogP contribution in [0.25, 0.3) is 11.1 Å². The van der Waals surface area contributed by atoms with E-state index in [1.165, 1.54) is 13.2 Å². The third kappa shape index (κ3) is 3.64. The molecular formula is C19H19F3O3S. The van der Waals surface area contributed by atoms with Gasteiger partial charge in [0.15, 0.2) is 9.84 Å². The van der Waals surface area contributed by atoms with Crippen LogP contribution in [0.5, 0.6) is 0 Å². The zero-order chi connectivity index (χ0) is 18.9. The minimum atomic E-state index is -4.76. The van der Waals surface area contributed by atoms with Gasteiger partial charge < -0.3 is 4.74 Å². The van der Waals surface area contributed by atoms with Crippen LogP contribution in [0.4, 0.5) is 13.2 Å². The predicted octanol–water partition coefficient (Wildman–Crippen LogP) is 4.71. The highest BCUT2D eigenvalue weighted by atomic mass is 32.2. The molecule has 1 saturated carbocycles. The lowest BCUT2D eigenvalue weighted by atomic mass is 10.0. The Kier molecular flexibility index (Phi) is 5.12. The molecule has 0 amide bonds. The molecule has 3 rings (SSSR count). The minimum absolute atomic E-state index is 0.219. The number of halogens is 3. The van der Waals surface area contributed by atoms with Crippen LogP contribution in [0.15, 0.2) is 53.4 Å². The van der Waals surface area contributed by atoms with Crippen molar-refractivity contribution in [3.8, 4) is 11.1 Å². The summed E-state index contributed by atoms with van der Waals surface area (Å²) in [7, 11) is -2.61. The van der Waals surface area contributed by atoms with Crippen molar-refractivity contribution in [2.24, 2.45) is 0 Å². The summed E-state index contributed by atoms with van der Waals surface area (Å²) in [5.41, 5.74) is -0.181. The maximum atomic E-state index is 13.6. The van der Waals surface area contributed by atoms with E-state index in [4.69, 9.17) is 4.74 Å². The highest BCUT2D eigenvalue weighted by Crippen LogP contribution is 2.40. The quantitative estimate of drug-likeness (QED) is 0.767. The lowest BCUT2D eigenvalue weighted by Crippen LogP contribution is -2.23. The van der Waals surface area contributed by atoms with Crippen molar-refractivity contribution in [3.63, 3.8) is 0 Å². The molecule has 2 atom stereocenters. The standard InChI is InChI=1S/C19H19F3O3S/c1-25-15-8-9-16(12-15)26(23,24)18-10-7-14(11-17(18)19(20,21)22)13-5-3-2-4-6-13/h2-7,10-11,15-16H,8-9,12H2,1H3/t15-,16+/m0/s1. The summed E-state index contributed by atoms with van der Waals surface area (Å²) in [6, 6.07) is 12.0. The fourth-order valence-corrected chi connectivity index (χ4v) is 5.40. The summed E-state index contributed by atoms with van der Waals surface area (Å²) >= 11 is 0. The molecule has 26 heavy (non-hydrogen) atoms. The van der Waals surface area contributed by atoms with E-state index >= 15 is 0 Å². The van der Waals surface area contributed by atoms with Gasteiger partial charge in [-0.3, -0.25) is 0 Å². The molecule has 0 N–H and O–H groups in total. The lowest BCUT2D eigenvalue weighted by Gasteiger charge is -2.18. The highest BCUT2D eigenvalue weighted by molar-refractivity contribution is 7.92. The fourth-order valence-electron chi connectivity index (χ4n) is 3.39. The predicted molar refractivity (Wildman–Crippen MR) is 92.5 cm³/mol. The van der Waals surface area contributed by atoms with Crippen molar-refractivity contribution in [2.45, 2.75) is 41.7 Å². The second kappa shape index (κ2) is 7.04. The van der Waals surface area contributed by atoms with Gasteiger partial charge in [0, 0.05) is 7.11 Å². The second-order valence-corrected chi connectivity index (χ2v) is 8.61. The summed E-state index contributed by atoms with van der Waals surface area (Å²) in [4.78, 5) is -0.647. The average Bonchev–Trinajstić information content (AvgIpc) is 3.11. The van der Waals surface area contributed by atoms with Crippen molar-refractivity contribution in [3.05, 3.63) is 54.1 Å². The minimum Gasteiger partial charge on any atom is -0.381 e. The van der Waals surface area contributed by atoms with E-state index in [9.17, 15) is 21.6 Å². The van der Waals surface area contributed by atoms with Gasteiger partial charge in [-0.15, -0.1) is 0 Å². The molecule has 1 fully saturated rings. The monoisotopic (exact) mass is 384 g/mol. The van der Waals surface area contributed by atoms with Gasteiger partial charge in [0.05, 0.1) is 21.8 Å². The molecule has 0 heterocycles. The van der Waals surface area contributed by atoms with E-state index in [-0.39, 0.29) is 12.5 Å². The third-order valence-corrected chi connectivity index (χ3v) is 7.08. The smallest absolute Gasteiger partial charge is 0.381 e. The Labute approximate surface area is 150 Å². The first-order valence-corrected chi connectivity index (χ1v) is 9.81. The van der Waals surface area contributed by atoms with Gasteiger partial charge in [-0.25, -0.2) is 8.42 Å². The number of alkyl halides is 3. The Morgan fingerprint density at radius 3 is 2.27 bits per heavy atom. The fraction of sp³-hybridized carbons (Fsp3) is 0.368. The molecule has 140 valence electrons. The topological polar surface area (TPSA) is 43.4 Å². The van der Waals surface area contributed by atoms with Crippen LogP contribution in [-0.4, -0.2) is 26.9 Å². The van der Waals surface area contributed by atoms with E-state index in [1.54, 1.807) is 30.3 Å². The van der Waals surface area contributed by atoms with Gasteiger partial charge in [-0.2, -0.15) is 13.2 Å². The van der Waals surface area contributed by atoms with E-state index in [1.807, 2.05) is 0 Å². The molecule has 0 aromatic heterocycles. The molecule has 3 nitrogen and oxygen atoms in total. The molecule has 1 aliphatic rings. The van der Waals surface area contributed by atoms with Crippen LogP contribution in [0.2, 0.25) is 0 Å². The van der Waals surface area contributed by atoms with Crippen LogP contribution in [-0.2, 0) is 20.8 Å². The Morgan fingerprint density at radius 2 is 1.69 bits per heavy atom. The van der Waals surface area contributed by atoms with Gasteiger partial charge in [-0.1, -0.05) is 36.4 Å². The molecule has 1 aliphatic carbocycles. The summed E-state index contributed by atoms with van der Waals surface area (Å²) < 4.78 is 71.7. The van der Waals surface area contributed by atoms with E-state index in [2.05, 4.69) is 0 Å². The largest absolute Gasteiger partial charge is 0.417 e. The normalized spacial score (nSPS) is 21.1. The Hall–Kier alpha value is -1.86. The van der Waals surface area contributed by atoms with Crippen LogP contribution in [0.3, 0.4) is 0 Å². The van der Waals surface area contributed by atoms with E-state index < -0.39 is 31.7 Å². The molecule has 0 saturated heterocycles. The molecule has 0 aliphatic heterocycles. The Morgan fingerprint density at radius 1 is 1.00 bits per heavy atom. The zero-order valence-corrected chi connectivity index (χ0v) is 15.0. The number of hydrogen-bond donors (Lipinski definition) is 0. The number of sulfone groups is 1. The molecule has 7 heteroatoms. The maximum Gasteiger partial charge on any atom is 0.417 e. The molecule has 2 aromatic rings. The van der Waals surface area contributed by atoms with Crippen LogP contribution in [0.1, 0.15) is 24.8 Å². The van der Waals surface area contributed by atoms with Crippen molar-refractivity contribution in [1.82, 2.24) is 0 Å². The van der Waals surface area contributed by atoms with Crippen molar-refractivity contribution in [2.75, 3.05) is 7.11 Å². The summed E-state index contributed by atoms with van der Waals surface area (Å²) in [6.45, 7) is 0. The SMILES string of the molecule is CO[C@H]1CC[C@@H](S(=O)(=O)c2ccc(-c3ccccc3)cc2C(F)(F)F)C1. The number of rotatable bonds is 4. The number of hydrogen-bond acceptors (Lipinski definition) is 3. The van der Waals surface area contributed by atoms with Gasteiger partial charge in [0.2, 0.25) is 0 Å². The van der Waals surface area contributed by atoms with Crippen LogP contribution >= 0.6 is 0 Å².